The predicted molar refractivity (Wildman–Crippen MR) is 146 cm³/mol. The lowest BCUT2D eigenvalue weighted by Crippen LogP contribution is -2.09. The third-order valence-electron chi connectivity index (χ3n) is 5.47. The second-order valence-corrected chi connectivity index (χ2v) is 8.67. The summed E-state index contributed by atoms with van der Waals surface area (Å²) < 4.78 is 16.0. The summed E-state index contributed by atoms with van der Waals surface area (Å²) in [5, 5.41) is 5.17. The molecular weight excluding hydrogens is 490 g/mol. The summed E-state index contributed by atoms with van der Waals surface area (Å²) in [6, 6.07) is 17.8. The molecule has 4 rings (SSSR count). The third-order valence-corrected chi connectivity index (χ3v) is 6.36. The standard InChI is InChI=1S/C28H25N3O5S/c1-34-23-14-19(15-24(35-2)27(23)36-3)26(33)22-16-37-28(31-22)18-11-8-17(9-12-18)10-13-25(32)30-21-7-5-4-6-20(21)29/h4-16H,29H2,1-3H3,(H,30,32)/b13-10+. The number of nitrogens with zero attached hydrogens (tertiary/aromatic N) is 1. The number of carbonyl (C=O) groups is 2. The SMILES string of the molecule is COc1cc(C(=O)c2csc(-c3ccc(/C=C/C(=O)Nc4ccccc4N)cc3)n2)cc(OC)c1OC. The van der Waals surface area contributed by atoms with E-state index in [-0.39, 0.29) is 11.7 Å². The van der Waals surface area contributed by atoms with Crippen LogP contribution in [0.2, 0.25) is 0 Å². The molecule has 0 aliphatic heterocycles. The van der Waals surface area contributed by atoms with E-state index in [1.807, 2.05) is 24.3 Å². The lowest BCUT2D eigenvalue weighted by Gasteiger charge is -2.13. The van der Waals surface area contributed by atoms with Crippen molar-refractivity contribution in [3.05, 3.63) is 88.9 Å². The molecule has 0 aliphatic carbocycles. The van der Waals surface area contributed by atoms with Crippen LogP contribution in [0.4, 0.5) is 11.4 Å². The molecule has 0 saturated carbocycles. The molecule has 9 heteroatoms. The Kier molecular flexibility index (Phi) is 7.85. The molecule has 0 unspecified atom stereocenters. The summed E-state index contributed by atoms with van der Waals surface area (Å²) in [6.45, 7) is 0. The van der Waals surface area contributed by atoms with E-state index in [1.54, 1.807) is 47.9 Å². The number of methoxy groups -OCH3 is 3. The maximum absolute atomic E-state index is 13.1. The van der Waals surface area contributed by atoms with Gasteiger partial charge in [0.05, 0.1) is 32.7 Å². The van der Waals surface area contributed by atoms with Crippen molar-refractivity contribution < 1.29 is 23.8 Å². The number of ether oxygens (including phenoxy) is 3. The molecule has 1 amide bonds. The minimum Gasteiger partial charge on any atom is -0.493 e. The van der Waals surface area contributed by atoms with Crippen molar-refractivity contribution in [3.8, 4) is 27.8 Å². The number of anilines is 2. The molecule has 4 aromatic rings. The molecule has 3 aromatic carbocycles. The Balaban J connectivity index is 1.47. The maximum Gasteiger partial charge on any atom is 0.248 e. The van der Waals surface area contributed by atoms with Crippen LogP contribution in [0.1, 0.15) is 21.6 Å². The third kappa shape index (κ3) is 5.79. The fraction of sp³-hybridized carbons (Fsp3) is 0.107. The van der Waals surface area contributed by atoms with Crippen molar-refractivity contribution in [1.82, 2.24) is 4.98 Å². The number of amides is 1. The highest BCUT2D eigenvalue weighted by Gasteiger charge is 2.20. The van der Waals surface area contributed by atoms with Crippen LogP contribution in [0.25, 0.3) is 16.6 Å². The van der Waals surface area contributed by atoms with Crippen LogP contribution >= 0.6 is 11.3 Å². The molecule has 1 aromatic heterocycles. The first-order chi connectivity index (χ1) is 17.9. The topological polar surface area (TPSA) is 113 Å². The van der Waals surface area contributed by atoms with E-state index in [1.165, 1.54) is 38.7 Å². The quantitative estimate of drug-likeness (QED) is 0.177. The van der Waals surface area contributed by atoms with Gasteiger partial charge in [0.1, 0.15) is 10.7 Å². The summed E-state index contributed by atoms with van der Waals surface area (Å²) in [4.78, 5) is 29.9. The molecule has 0 fully saturated rings. The van der Waals surface area contributed by atoms with Gasteiger partial charge in [-0.3, -0.25) is 9.59 Å². The summed E-state index contributed by atoms with van der Waals surface area (Å²) in [5.41, 5.74) is 9.31. The van der Waals surface area contributed by atoms with E-state index in [4.69, 9.17) is 19.9 Å². The summed E-state index contributed by atoms with van der Waals surface area (Å²) >= 11 is 1.37. The molecule has 0 spiro atoms. The Morgan fingerprint density at radius 3 is 2.24 bits per heavy atom. The van der Waals surface area contributed by atoms with Gasteiger partial charge in [-0.25, -0.2) is 4.98 Å². The normalized spacial score (nSPS) is 10.8. The first-order valence-electron chi connectivity index (χ1n) is 11.2. The van der Waals surface area contributed by atoms with E-state index in [0.29, 0.717) is 44.9 Å². The molecule has 37 heavy (non-hydrogen) atoms. The van der Waals surface area contributed by atoms with Crippen molar-refractivity contribution in [3.63, 3.8) is 0 Å². The number of benzene rings is 3. The van der Waals surface area contributed by atoms with Crippen molar-refractivity contribution in [2.24, 2.45) is 0 Å². The van der Waals surface area contributed by atoms with E-state index < -0.39 is 0 Å². The second-order valence-electron chi connectivity index (χ2n) is 7.81. The number of nitrogen functional groups attached to an aromatic ring is 1. The second kappa shape index (κ2) is 11.4. The van der Waals surface area contributed by atoms with Gasteiger partial charge < -0.3 is 25.3 Å². The lowest BCUT2D eigenvalue weighted by molar-refractivity contribution is -0.111. The summed E-state index contributed by atoms with van der Waals surface area (Å²) in [5.74, 6) is 0.662. The van der Waals surface area contributed by atoms with E-state index in [2.05, 4.69) is 10.3 Å². The van der Waals surface area contributed by atoms with Crippen LogP contribution in [-0.4, -0.2) is 38.0 Å². The van der Waals surface area contributed by atoms with Gasteiger partial charge in [-0.05, 0) is 35.9 Å². The number of ketones is 1. The van der Waals surface area contributed by atoms with Crippen LogP contribution in [0.3, 0.4) is 0 Å². The maximum atomic E-state index is 13.1. The van der Waals surface area contributed by atoms with Gasteiger partial charge in [-0.1, -0.05) is 36.4 Å². The van der Waals surface area contributed by atoms with Crippen molar-refractivity contribution in [2.75, 3.05) is 32.4 Å². The number of hydrogen-bond acceptors (Lipinski definition) is 8. The molecule has 8 nitrogen and oxygen atoms in total. The molecule has 1 heterocycles. The number of aromatic nitrogens is 1. The average molecular weight is 516 g/mol. The Hall–Kier alpha value is -4.63. The van der Waals surface area contributed by atoms with E-state index >= 15 is 0 Å². The van der Waals surface area contributed by atoms with Crippen LogP contribution in [0, 0.1) is 0 Å². The van der Waals surface area contributed by atoms with Crippen molar-refractivity contribution in [1.29, 1.82) is 0 Å². The monoisotopic (exact) mass is 515 g/mol. The van der Waals surface area contributed by atoms with Gasteiger partial charge in [0.2, 0.25) is 17.4 Å². The molecule has 0 atom stereocenters. The van der Waals surface area contributed by atoms with Crippen LogP contribution in [-0.2, 0) is 4.79 Å². The van der Waals surface area contributed by atoms with Crippen molar-refractivity contribution in [2.45, 2.75) is 0 Å². The van der Waals surface area contributed by atoms with Crippen LogP contribution in [0.5, 0.6) is 17.2 Å². The fourth-order valence-electron chi connectivity index (χ4n) is 3.56. The minimum absolute atomic E-state index is 0.258. The number of thiazole rings is 1. The summed E-state index contributed by atoms with van der Waals surface area (Å²) in [7, 11) is 4.50. The molecule has 0 bridgehead atoms. The zero-order chi connectivity index (χ0) is 26.4. The molecule has 0 radical (unpaired) electrons. The Morgan fingerprint density at radius 2 is 1.62 bits per heavy atom. The van der Waals surface area contributed by atoms with Gasteiger partial charge in [0.15, 0.2) is 11.5 Å². The Morgan fingerprint density at radius 1 is 0.946 bits per heavy atom. The first-order valence-corrected chi connectivity index (χ1v) is 12.1. The predicted octanol–water partition coefficient (Wildman–Crippen LogP) is 5.30. The van der Waals surface area contributed by atoms with E-state index in [0.717, 1.165) is 11.1 Å². The Bertz CT molecular complexity index is 1440. The zero-order valence-corrected chi connectivity index (χ0v) is 21.3. The number of hydrogen-bond donors (Lipinski definition) is 2. The number of rotatable bonds is 9. The highest BCUT2D eigenvalue weighted by molar-refractivity contribution is 7.13. The lowest BCUT2D eigenvalue weighted by atomic mass is 10.1. The number of nitrogens with one attached hydrogen (secondary N) is 1. The van der Waals surface area contributed by atoms with Crippen molar-refractivity contribution >= 4 is 40.5 Å². The highest BCUT2D eigenvalue weighted by Crippen LogP contribution is 2.39. The summed E-state index contributed by atoms with van der Waals surface area (Å²) in [6.07, 6.45) is 3.15. The minimum atomic E-state index is -0.281. The molecular formula is C28H25N3O5S. The van der Waals surface area contributed by atoms with Gasteiger partial charge in [0.25, 0.3) is 0 Å². The number of nitrogens with two attached hydrogens (primary N) is 1. The molecule has 188 valence electrons. The zero-order valence-electron chi connectivity index (χ0n) is 20.5. The molecule has 0 saturated heterocycles. The smallest absolute Gasteiger partial charge is 0.248 e. The fourth-order valence-corrected chi connectivity index (χ4v) is 4.37. The average Bonchev–Trinajstić information content (AvgIpc) is 3.42. The molecule has 0 aliphatic rings. The number of carbonyl (C=O) groups excluding carboxylic acids is 2. The van der Waals surface area contributed by atoms with Gasteiger partial charge in [0, 0.05) is 22.6 Å². The largest absolute Gasteiger partial charge is 0.493 e. The van der Waals surface area contributed by atoms with Gasteiger partial charge in [-0.15, -0.1) is 11.3 Å². The van der Waals surface area contributed by atoms with Gasteiger partial charge in [-0.2, -0.15) is 0 Å². The van der Waals surface area contributed by atoms with Crippen LogP contribution < -0.4 is 25.3 Å². The molecule has 3 N–H and O–H groups in total. The van der Waals surface area contributed by atoms with Gasteiger partial charge >= 0.3 is 0 Å². The highest BCUT2D eigenvalue weighted by atomic mass is 32.1. The number of para-hydroxylation sites is 2. The van der Waals surface area contributed by atoms with Crippen LogP contribution in [0.15, 0.2) is 72.1 Å². The van der Waals surface area contributed by atoms with E-state index in [9.17, 15) is 9.59 Å². The Labute approximate surface area is 218 Å². The first kappa shape index (κ1) is 25.5.